The number of hydrogen-bond donors (Lipinski definition) is 0. The highest BCUT2D eigenvalue weighted by Gasteiger charge is 2.14. The summed E-state index contributed by atoms with van der Waals surface area (Å²) >= 11 is 0. The van der Waals surface area contributed by atoms with Gasteiger partial charge in [0.2, 0.25) is 0 Å². The van der Waals surface area contributed by atoms with Gasteiger partial charge in [0.1, 0.15) is 29.7 Å². The molecule has 0 saturated carbocycles. The number of aromatic nitrogens is 3. The largest absolute Gasteiger partial charge is 0.489 e. The molecule has 0 fully saturated rings. The zero-order valence-corrected chi connectivity index (χ0v) is 13.7. The summed E-state index contributed by atoms with van der Waals surface area (Å²) in [5.74, 6) is -1.76. The topological polar surface area (TPSA) is 83.3 Å². The fraction of sp³-hybridized carbons (Fsp3) is 0.0667. The van der Waals surface area contributed by atoms with E-state index in [0.717, 1.165) is 24.3 Å². The van der Waals surface area contributed by atoms with Gasteiger partial charge in [-0.15, -0.1) is 5.10 Å². The maximum absolute atomic E-state index is 14.1. The van der Waals surface area contributed by atoms with Gasteiger partial charge >= 0.3 is 10.5 Å². The first-order valence-electron chi connectivity index (χ1n) is 7.03. The molecule has 0 amide bonds. The quantitative estimate of drug-likeness (QED) is 0.607. The highest BCUT2D eigenvalue weighted by Crippen LogP contribution is 2.23. The Kier molecular flexibility index (Phi) is 4.80. The smallest absolute Gasteiger partial charge is 0.488 e. The molecule has 0 aliphatic carbocycles. The molecule has 0 aliphatic heterocycles. The van der Waals surface area contributed by atoms with E-state index in [2.05, 4.69) is 14.5 Å². The van der Waals surface area contributed by atoms with Gasteiger partial charge in [-0.3, -0.25) is 0 Å². The van der Waals surface area contributed by atoms with E-state index in [1.54, 1.807) is 0 Å². The first-order chi connectivity index (χ1) is 12.3. The van der Waals surface area contributed by atoms with E-state index in [1.165, 1.54) is 29.2 Å². The van der Waals surface area contributed by atoms with Crippen LogP contribution in [0.4, 0.5) is 12.7 Å². The minimum absolute atomic E-state index is 0.162. The Morgan fingerprint density at radius 3 is 2.19 bits per heavy atom. The van der Waals surface area contributed by atoms with Gasteiger partial charge in [-0.1, -0.05) is 9.10 Å². The summed E-state index contributed by atoms with van der Waals surface area (Å²) < 4.78 is 71.9. The van der Waals surface area contributed by atoms with Crippen molar-refractivity contribution in [3.63, 3.8) is 0 Å². The predicted molar refractivity (Wildman–Crippen MR) is 82.7 cm³/mol. The third-order valence-corrected chi connectivity index (χ3v) is 3.61. The zero-order valence-electron chi connectivity index (χ0n) is 12.8. The van der Waals surface area contributed by atoms with Crippen molar-refractivity contribution >= 4 is 10.5 Å². The first-order valence-corrected chi connectivity index (χ1v) is 8.34. The Bertz CT molecular complexity index is 986. The van der Waals surface area contributed by atoms with Crippen LogP contribution in [-0.4, -0.2) is 23.4 Å². The fourth-order valence-electron chi connectivity index (χ4n) is 2.07. The van der Waals surface area contributed by atoms with Gasteiger partial charge in [-0.25, -0.2) is 13.5 Å². The van der Waals surface area contributed by atoms with Crippen LogP contribution in [0, 0.1) is 11.6 Å². The minimum atomic E-state index is -5.13. The average Bonchev–Trinajstić information content (AvgIpc) is 3.08. The monoisotopic (exact) mass is 385 g/mol. The van der Waals surface area contributed by atoms with Crippen molar-refractivity contribution in [3.8, 4) is 17.2 Å². The average molecular weight is 385 g/mol. The summed E-state index contributed by atoms with van der Waals surface area (Å²) in [7, 11) is -5.13. The highest BCUT2D eigenvalue weighted by molar-refractivity contribution is 7.81. The normalized spacial score (nSPS) is 11.3. The number of benzene rings is 2. The van der Waals surface area contributed by atoms with Crippen LogP contribution in [0.1, 0.15) is 5.56 Å². The lowest BCUT2D eigenvalue weighted by Crippen LogP contribution is -2.05. The van der Waals surface area contributed by atoms with Crippen molar-refractivity contribution in [1.29, 1.82) is 0 Å². The summed E-state index contributed by atoms with van der Waals surface area (Å²) in [6.07, 6.45) is 2.81. The summed E-state index contributed by atoms with van der Waals surface area (Å²) in [5, 5.41) is 7.20. The lowest BCUT2D eigenvalue weighted by molar-refractivity contribution is 0.292. The van der Waals surface area contributed by atoms with Crippen molar-refractivity contribution in [2.75, 3.05) is 0 Å². The van der Waals surface area contributed by atoms with Crippen LogP contribution >= 0.6 is 0 Å². The van der Waals surface area contributed by atoms with Crippen molar-refractivity contribution in [2.45, 2.75) is 6.61 Å². The van der Waals surface area contributed by atoms with E-state index >= 15 is 0 Å². The molecule has 0 aliphatic rings. The Morgan fingerprint density at radius 2 is 1.65 bits per heavy atom. The number of hydrogen-bond acceptors (Lipinski definition) is 6. The molecular formula is C15H10F3N3O4S. The van der Waals surface area contributed by atoms with Crippen LogP contribution in [0.5, 0.6) is 11.5 Å². The van der Waals surface area contributed by atoms with Gasteiger partial charge < -0.3 is 8.92 Å². The first kappa shape index (κ1) is 17.7. The number of halogens is 3. The van der Waals surface area contributed by atoms with Crippen molar-refractivity contribution in [2.24, 2.45) is 0 Å². The Morgan fingerprint density at radius 1 is 1.04 bits per heavy atom. The van der Waals surface area contributed by atoms with Gasteiger partial charge in [0, 0.05) is 12.1 Å². The van der Waals surface area contributed by atoms with E-state index in [4.69, 9.17) is 4.74 Å². The van der Waals surface area contributed by atoms with Gasteiger partial charge in [0.15, 0.2) is 0 Å². The molecule has 0 bridgehead atoms. The molecule has 0 spiro atoms. The molecule has 26 heavy (non-hydrogen) atoms. The standard InChI is InChI=1S/C15H10F3N3O4S/c16-14-7-10(21-6-5-19-20-21)8-15(17)13(14)9-24-11-1-3-12(4-2-11)25-26(18,22)23/h1-8H,9H2. The molecule has 0 unspecified atom stereocenters. The molecular weight excluding hydrogens is 375 g/mol. The van der Waals surface area contributed by atoms with Gasteiger partial charge in [0.05, 0.1) is 23.6 Å². The van der Waals surface area contributed by atoms with Gasteiger partial charge in [-0.2, -0.15) is 8.42 Å². The van der Waals surface area contributed by atoms with Crippen molar-refractivity contribution in [1.82, 2.24) is 15.0 Å². The van der Waals surface area contributed by atoms with Crippen LogP contribution in [0.25, 0.3) is 5.69 Å². The molecule has 7 nitrogen and oxygen atoms in total. The molecule has 1 heterocycles. The molecule has 3 rings (SSSR count). The predicted octanol–water partition coefficient (Wildman–Crippen LogP) is 2.72. The lowest BCUT2D eigenvalue weighted by Gasteiger charge is -2.10. The Balaban J connectivity index is 1.72. The third kappa shape index (κ3) is 4.30. The third-order valence-electron chi connectivity index (χ3n) is 3.22. The lowest BCUT2D eigenvalue weighted by atomic mass is 10.2. The number of ether oxygens (including phenoxy) is 1. The zero-order chi connectivity index (χ0) is 18.7. The van der Waals surface area contributed by atoms with E-state index in [-0.39, 0.29) is 22.7 Å². The molecule has 136 valence electrons. The molecule has 11 heteroatoms. The van der Waals surface area contributed by atoms with E-state index in [1.807, 2.05) is 0 Å². The summed E-state index contributed by atoms with van der Waals surface area (Å²) in [5.41, 5.74) is -0.143. The Labute approximate surface area is 146 Å². The van der Waals surface area contributed by atoms with Crippen molar-refractivity contribution < 1.29 is 30.0 Å². The SMILES string of the molecule is O=S(=O)(F)Oc1ccc(OCc2c(F)cc(-n3ccnn3)cc2F)cc1. The van der Waals surface area contributed by atoms with Gasteiger partial charge in [0.25, 0.3) is 0 Å². The summed E-state index contributed by atoms with van der Waals surface area (Å²) in [6, 6.07) is 6.96. The maximum atomic E-state index is 14.1. The molecule has 0 atom stereocenters. The van der Waals surface area contributed by atoms with Crippen LogP contribution < -0.4 is 8.92 Å². The molecule has 0 saturated heterocycles. The van der Waals surface area contributed by atoms with E-state index in [0.29, 0.717) is 0 Å². The van der Waals surface area contributed by atoms with Crippen LogP contribution in [-0.2, 0) is 17.1 Å². The Hall–Kier alpha value is -3.08. The van der Waals surface area contributed by atoms with Gasteiger partial charge in [-0.05, 0) is 24.3 Å². The summed E-state index contributed by atoms with van der Waals surface area (Å²) in [4.78, 5) is 0. The molecule has 0 radical (unpaired) electrons. The van der Waals surface area contributed by atoms with E-state index in [9.17, 15) is 21.1 Å². The second kappa shape index (κ2) is 7.04. The molecule has 3 aromatic rings. The fourth-order valence-corrected chi connectivity index (χ4v) is 2.41. The maximum Gasteiger partial charge on any atom is 0.488 e. The molecule has 2 aromatic carbocycles. The van der Waals surface area contributed by atoms with Crippen molar-refractivity contribution in [3.05, 3.63) is 66.0 Å². The van der Waals surface area contributed by atoms with Crippen LogP contribution in [0.3, 0.4) is 0 Å². The van der Waals surface area contributed by atoms with Crippen LogP contribution in [0.15, 0.2) is 48.8 Å². The second-order valence-electron chi connectivity index (χ2n) is 4.97. The minimum Gasteiger partial charge on any atom is -0.489 e. The highest BCUT2D eigenvalue weighted by atomic mass is 32.3. The number of rotatable bonds is 6. The summed E-state index contributed by atoms with van der Waals surface area (Å²) in [6.45, 7) is -0.420. The molecule has 0 N–H and O–H groups in total. The molecule has 1 aromatic heterocycles. The van der Waals surface area contributed by atoms with Crippen LogP contribution in [0.2, 0.25) is 0 Å². The number of nitrogens with zero attached hydrogens (tertiary/aromatic N) is 3. The van der Waals surface area contributed by atoms with E-state index < -0.39 is 28.7 Å². The second-order valence-corrected chi connectivity index (χ2v) is 5.92.